The molecule has 5 nitrogen and oxygen atoms in total. The third kappa shape index (κ3) is 4.59. The number of nitrogens with one attached hydrogen (secondary N) is 1. The van der Waals surface area contributed by atoms with Crippen LogP contribution in [0, 0.1) is 27.7 Å². The van der Waals surface area contributed by atoms with Crippen LogP contribution >= 0.6 is 15.9 Å². The van der Waals surface area contributed by atoms with E-state index < -0.39 is 5.97 Å². The van der Waals surface area contributed by atoms with Gasteiger partial charge in [0.25, 0.3) is 5.91 Å². The second kappa shape index (κ2) is 8.66. The Morgan fingerprint density at radius 2 is 1.66 bits per heavy atom. The lowest BCUT2D eigenvalue weighted by molar-refractivity contribution is -0.119. The first-order valence-electron chi connectivity index (χ1n) is 9.26. The average Bonchev–Trinajstić information content (AvgIpc) is 3.05. The van der Waals surface area contributed by atoms with Crippen molar-refractivity contribution in [3.8, 4) is 5.69 Å². The number of carbonyl (C=O) groups is 2. The van der Waals surface area contributed by atoms with Gasteiger partial charge in [0.1, 0.15) is 0 Å². The van der Waals surface area contributed by atoms with Gasteiger partial charge in [-0.1, -0.05) is 22.0 Å². The lowest BCUT2D eigenvalue weighted by atomic mass is 10.1. The number of aryl methyl sites for hydroxylation is 2. The fourth-order valence-corrected chi connectivity index (χ4v) is 3.60. The van der Waals surface area contributed by atoms with Crippen LogP contribution in [0.15, 0.2) is 53.0 Å². The summed E-state index contributed by atoms with van der Waals surface area (Å²) in [5, 5.41) is 2.79. The molecule has 0 saturated carbocycles. The van der Waals surface area contributed by atoms with Crippen LogP contribution in [-0.4, -0.2) is 23.1 Å². The summed E-state index contributed by atoms with van der Waals surface area (Å²) >= 11 is 3.47. The Hall–Kier alpha value is -2.86. The van der Waals surface area contributed by atoms with E-state index >= 15 is 0 Å². The topological polar surface area (TPSA) is 60.3 Å². The number of anilines is 1. The molecule has 6 heteroatoms. The molecular weight excluding hydrogens is 432 g/mol. The molecule has 2 aromatic carbocycles. The number of hydrogen-bond donors (Lipinski definition) is 1. The maximum atomic E-state index is 12.4. The molecule has 0 aliphatic carbocycles. The third-order valence-electron chi connectivity index (χ3n) is 4.94. The van der Waals surface area contributed by atoms with Gasteiger partial charge in [-0.3, -0.25) is 4.79 Å². The van der Waals surface area contributed by atoms with Crippen molar-refractivity contribution in [2.75, 3.05) is 11.9 Å². The Bertz CT molecular complexity index is 1070. The van der Waals surface area contributed by atoms with Crippen LogP contribution < -0.4 is 5.32 Å². The maximum absolute atomic E-state index is 12.4. The van der Waals surface area contributed by atoms with E-state index in [9.17, 15) is 9.59 Å². The van der Waals surface area contributed by atoms with Crippen molar-refractivity contribution >= 4 is 33.5 Å². The summed E-state index contributed by atoms with van der Waals surface area (Å²) in [6.45, 7) is 7.57. The van der Waals surface area contributed by atoms with Crippen molar-refractivity contribution in [2.24, 2.45) is 0 Å². The van der Waals surface area contributed by atoms with Gasteiger partial charge in [0.2, 0.25) is 0 Å². The zero-order valence-electron chi connectivity index (χ0n) is 16.9. The largest absolute Gasteiger partial charge is 0.452 e. The fraction of sp³-hybridized carbons (Fsp3) is 0.217. The number of hydrogen-bond acceptors (Lipinski definition) is 3. The first-order valence-corrected chi connectivity index (χ1v) is 10.1. The van der Waals surface area contributed by atoms with E-state index in [4.69, 9.17) is 4.74 Å². The van der Waals surface area contributed by atoms with Crippen LogP contribution in [0.2, 0.25) is 0 Å². The minimum Gasteiger partial charge on any atom is -0.452 e. The van der Waals surface area contributed by atoms with Gasteiger partial charge in [0.15, 0.2) is 6.61 Å². The highest BCUT2D eigenvalue weighted by Gasteiger charge is 2.14. The molecule has 0 saturated heterocycles. The third-order valence-corrected chi connectivity index (χ3v) is 5.80. The smallest absolute Gasteiger partial charge is 0.338 e. The average molecular weight is 455 g/mol. The predicted molar refractivity (Wildman–Crippen MR) is 118 cm³/mol. The number of aromatic nitrogens is 1. The number of nitrogens with zero attached hydrogens (tertiary/aromatic N) is 1. The van der Waals surface area contributed by atoms with Gasteiger partial charge in [0, 0.05) is 27.2 Å². The lowest BCUT2D eigenvalue weighted by Crippen LogP contribution is -2.21. The Morgan fingerprint density at radius 1 is 0.966 bits per heavy atom. The highest BCUT2D eigenvalue weighted by Crippen LogP contribution is 2.25. The second-order valence-corrected chi connectivity index (χ2v) is 7.83. The summed E-state index contributed by atoms with van der Waals surface area (Å²) < 4.78 is 8.26. The minimum atomic E-state index is -0.534. The highest BCUT2D eigenvalue weighted by molar-refractivity contribution is 9.10. The van der Waals surface area contributed by atoms with E-state index in [0.717, 1.165) is 32.7 Å². The Labute approximate surface area is 178 Å². The molecule has 150 valence electrons. The predicted octanol–water partition coefficient (Wildman–Crippen LogP) is 5.27. The van der Waals surface area contributed by atoms with Crippen molar-refractivity contribution in [3.63, 3.8) is 0 Å². The molecule has 3 aromatic rings. The number of benzene rings is 2. The summed E-state index contributed by atoms with van der Waals surface area (Å²) in [5.74, 6) is -0.912. The van der Waals surface area contributed by atoms with Crippen LogP contribution in [0.3, 0.4) is 0 Å². The SMILES string of the molecule is Cc1c(Br)ccc(NC(=O)COC(=O)c2cccc(-n3c(C)ccc3C)c2)c1C. The molecule has 0 aliphatic rings. The monoisotopic (exact) mass is 454 g/mol. The van der Waals surface area contributed by atoms with Gasteiger partial charge < -0.3 is 14.6 Å². The van der Waals surface area contributed by atoms with E-state index in [-0.39, 0.29) is 12.5 Å². The highest BCUT2D eigenvalue weighted by atomic mass is 79.9. The van der Waals surface area contributed by atoms with Crippen molar-refractivity contribution < 1.29 is 14.3 Å². The molecule has 29 heavy (non-hydrogen) atoms. The fourth-order valence-electron chi connectivity index (χ4n) is 3.17. The van der Waals surface area contributed by atoms with Crippen molar-refractivity contribution in [2.45, 2.75) is 27.7 Å². The quantitative estimate of drug-likeness (QED) is 0.534. The number of halogens is 1. The minimum absolute atomic E-state index is 0.348. The maximum Gasteiger partial charge on any atom is 0.338 e. The molecule has 1 N–H and O–H groups in total. The van der Waals surface area contributed by atoms with Gasteiger partial charge in [-0.25, -0.2) is 4.79 Å². The molecule has 0 unspecified atom stereocenters. The molecule has 0 spiro atoms. The van der Waals surface area contributed by atoms with E-state index in [1.54, 1.807) is 18.2 Å². The number of amides is 1. The summed E-state index contributed by atoms with van der Waals surface area (Å²) in [7, 11) is 0. The van der Waals surface area contributed by atoms with E-state index in [1.165, 1.54) is 0 Å². The molecular formula is C23H23BrN2O3. The number of carbonyl (C=O) groups excluding carboxylic acids is 2. The molecule has 0 aliphatic heterocycles. The summed E-state index contributed by atoms with van der Waals surface area (Å²) in [6, 6.07) is 14.9. The van der Waals surface area contributed by atoms with Crippen molar-refractivity contribution in [3.05, 3.63) is 81.1 Å². The summed E-state index contributed by atoms with van der Waals surface area (Å²) in [5.41, 5.74) is 6.15. The van der Waals surface area contributed by atoms with Crippen LogP contribution in [-0.2, 0) is 9.53 Å². The van der Waals surface area contributed by atoms with Crippen LogP contribution in [0.25, 0.3) is 5.69 Å². The standard InChI is InChI=1S/C23H23BrN2O3/c1-14-8-9-15(2)26(14)19-7-5-6-18(12-19)23(28)29-13-22(27)25-21-11-10-20(24)16(3)17(21)4/h5-12H,13H2,1-4H3,(H,25,27). The normalized spacial score (nSPS) is 10.7. The zero-order valence-corrected chi connectivity index (χ0v) is 18.5. The Morgan fingerprint density at radius 3 is 2.34 bits per heavy atom. The van der Waals surface area contributed by atoms with Gasteiger partial charge >= 0.3 is 5.97 Å². The molecule has 1 heterocycles. The molecule has 1 amide bonds. The summed E-state index contributed by atoms with van der Waals surface area (Å²) in [6.07, 6.45) is 0. The first-order chi connectivity index (χ1) is 13.8. The van der Waals surface area contributed by atoms with E-state index in [0.29, 0.717) is 11.3 Å². The van der Waals surface area contributed by atoms with Crippen LogP contribution in [0.1, 0.15) is 32.9 Å². The van der Waals surface area contributed by atoms with Gasteiger partial charge in [0.05, 0.1) is 5.56 Å². The molecule has 0 bridgehead atoms. The lowest BCUT2D eigenvalue weighted by Gasteiger charge is -2.13. The van der Waals surface area contributed by atoms with Crippen molar-refractivity contribution in [1.82, 2.24) is 4.57 Å². The molecule has 0 atom stereocenters. The Balaban J connectivity index is 1.66. The van der Waals surface area contributed by atoms with Crippen molar-refractivity contribution in [1.29, 1.82) is 0 Å². The molecule has 1 aromatic heterocycles. The van der Waals surface area contributed by atoms with E-state index in [2.05, 4.69) is 25.8 Å². The summed E-state index contributed by atoms with van der Waals surface area (Å²) in [4.78, 5) is 24.7. The van der Waals surface area contributed by atoms with Gasteiger partial charge in [-0.05, 0) is 81.3 Å². The molecule has 0 fully saturated rings. The number of esters is 1. The van der Waals surface area contributed by atoms with Crippen LogP contribution in [0.5, 0.6) is 0 Å². The Kier molecular flexibility index (Phi) is 6.23. The van der Waals surface area contributed by atoms with E-state index in [1.807, 2.05) is 58.0 Å². The molecule has 3 rings (SSSR count). The van der Waals surface area contributed by atoms with Crippen LogP contribution in [0.4, 0.5) is 5.69 Å². The molecule has 0 radical (unpaired) electrons. The first kappa shape index (κ1) is 20.9. The number of rotatable bonds is 5. The van der Waals surface area contributed by atoms with Gasteiger partial charge in [-0.15, -0.1) is 0 Å². The second-order valence-electron chi connectivity index (χ2n) is 6.97. The van der Waals surface area contributed by atoms with Gasteiger partial charge in [-0.2, -0.15) is 0 Å². The number of ether oxygens (including phenoxy) is 1. The zero-order chi connectivity index (χ0) is 21.1.